The first-order valence-electron chi connectivity index (χ1n) is 3.34. The lowest BCUT2D eigenvalue weighted by molar-refractivity contribution is 0.626. The van der Waals surface area contributed by atoms with Crippen LogP contribution >= 0.6 is 43.5 Å². The molecule has 0 amide bonds. The fraction of sp³-hybridized carbons (Fsp3) is 0.250. The molecule has 0 nitrogen and oxygen atoms in total. The number of hydrogen-bond donors (Lipinski definition) is 0. The van der Waals surface area contributed by atoms with Gasteiger partial charge in [-0.05, 0) is 24.1 Å². The Labute approximate surface area is 92.4 Å². The number of halogens is 4. The van der Waals surface area contributed by atoms with E-state index in [1.807, 2.05) is 0 Å². The average Bonchev–Trinajstić information content (AvgIpc) is 2.01. The molecule has 0 heterocycles. The first kappa shape index (κ1) is 10.5. The molecule has 0 aromatic heterocycles. The fourth-order valence-electron chi connectivity index (χ4n) is 0.857. The highest BCUT2D eigenvalue weighted by Crippen LogP contribution is 2.25. The summed E-state index contributed by atoms with van der Waals surface area (Å²) in [6.07, 6.45) is 0.834. The van der Waals surface area contributed by atoms with Gasteiger partial charge in [0, 0.05) is 9.80 Å². The van der Waals surface area contributed by atoms with Crippen molar-refractivity contribution in [2.45, 2.75) is 6.42 Å². The summed E-state index contributed by atoms with van der Waals surface area (Å²) in [4.78, 5) is 0. The van der Waals surface area contributed by atoms with Gasteiger partial charge < -0.3 is 0 Å². The van der Waals surface area contributed by atoms with Crippen molar-refractivity contribution in [1.29, 1.82) is 0 Å². The summed E-state index contributed by atoms with van der Waals surface area (Å²) >= 11 is 12.2. The maximum Gasteiger partial charge on any atom is 0.142 e. The Morgan fingerprint density at radius 3 is 2.67 bits per heavy atom. The van der Waals surface area contributed by atoms with Crippen molar-refractivity contribution in [2.75, 3.05) is 5.33 Å². The van der Waals surface area contributed by atoms with E-state index in [0.717, 1.165) is 21.8 Å². The van der Waals surface area contributed by atoms with Crippen LogP contribution in [0, 0.1) is 5.82 Å². The van der Waals surface area contributed by atoms with Crippen molar-refractivity contribution in [3.05, 3.63) is 33.0 Å². The SMILES string of the molecule is Fc1cc(Br)c(CCBr)cc1Cl. The van der Waals surface area contributed by atoms with Gasteiger partial charge in [0.1, 0.15) is 5.82 Å². The molecule has 0 saturated heterocycles. The van der Waals surface area contributed by atoms with Gasteiger partial charge in [-0.1, -0.05) is 43.5 Å². The minimum Gasteiger partial charge on any atom is -0.205 e. The first-order valence-corrected chi connectivity index (χ1v) is 5.63. The number of alkyl halides is 1. The number of hydrogen-bond acceptors (Lipinski definition) is 0. The monoisotopic (exact) mass is 314 g/mol. The first-order chi connectivity index (χ1) is 5.65. The summed E-state index contributed by atoms with van der Waals surface area (Å²) in [6.45, 7) is 0. The van der Waals surface area contributed by atoms with Crippen LogP contribution in [-0.4, -0.2) is 5.33 Å². The molecule has 0 N–H and O–H groups in total. The van der Waals surface area contributed by atoms with E-state index in [2.05, 4.69) is 31.9 Å². The predicted molar refractivity (Wildman–Crippen MR) is 56.6 cm³/mol. The molecule has 1 aromatic carbocycles. The Kier molecular flexibility index (Phi) is 4.00. The van der Waals surface area contributed by atoms with Gasteiger partial charge in [0.25, 0.3) is 0 Å². The Hall–Kier alpha value is 0.400. The van der Waals surface area contributed by atoms with Crippen molar-refractivity contribution in [1.82, 2.24) is 0 Å². The molecule has 66 valence electrons. The summed E-state index contributed by atoms with van der Waals surface area (Å²) in [7, 11) is 0. The number of aryl methyl sites for hydroxylation is 1. The molecule has 12 heavy (non-hydrogen) atoms. The minimum absolute atomic E-state index is 0.175. The molecule has 0 fully saturated rings. The summed E-state index contributed by atoms with van der Waals surface area (Å²) in [6, 6.07) is 3.03. The summed E-state index contributed by atoms with van der Waals surface area (Å²) in [5.41, 5.74) is 1.01. The third-order valence-electron chi connectivity index (χ3n) is 1.45. The highest BCUT2D eigenvalue weighted by Gasteiger charge is 2.05. The Morgan fingerprint density at radius 1 is 1.42 bits per heavy atom. The van der Waals surface area contributed by atoms with Crippen molar-refractivity contribution >= 4 is 43.5 Å². The second-order valence-electron chi connectivity index (χ2n) is 2.30. The molecular formula is C8H6Br2ClF. The highest BCUT2D eigenvalue weighted by atomic mass is 79.9. The Bertz CT molecular complexity index is 289. The molecule has 0 spiro atoms. The molecule has 0 unspecified atom stereocenters. The van der Waals surface area contributed by atoms with Gasteiger partial charge in [-0.15, -0.1) is 0 Å². The molecule has 4 heteroatoms. The van der Waals surface area contributed by atoms with Gasteiger partial charge in [0.15, 0.2) is 0 Å². The van der Waals surface area contributed by atoms with Gasteiger partial charge in [-0.2, -0.15) is 0 Å². The van der Waals surface area contributed by atoms with Gasteiger partial charge in [-0.25, -0.2) is 4.39 Å². The van der Waals surface area contributed by atoms with Crippen LogP contribution < -0.4 is 0 Å². The smallest absolute Gasteiger partial charge is 0.142 e. The summed E-state index contributed by atoms with van der Waals surface area (Å²) in [5, 5.41) is 1.02. The van der Waals surface area contributed by atoms with E-state index in [0.29, 0.717) is 0 Å². The molecule has 1 aromatic rings. The van der Waals surface area contributed by atoms with Crippen LogP contribution in [0.3, 0.4) is 0 Å². The predicted octanol–water partition coefficient (Wildman–Crippen LogP) is 4.18. The second-order valence-corrected chi connectivity index (χ2v) is 4.35. The van der Waals surface area contributed by atoms with E-state index in [-0.39, 0.29) is 10.8 Å². The van der Waals surface area contributed by atoms with Crippen LogP contribution in [0.2, 0.25) is 5.02 Å². The lowest BCUT2D eigenvalue weighted by atomic mass is 10.2. The molecular weight excluding hydrogens is 310 g/mol. The van der Waals surface area contributed by atoms with E-state index < -0.39 is 0 Å². The molecule has 1 rings (SSSR count). The van der Waals surface area contributed by atoms with Crippen LogP contribution in [0.15, 0.2) is 16.6 Å². The molecule has 0 radical (unpaired) electrons. The van der Waals surface area contributed by atoms with Gasteiger partial charge in [0.2, 0.25) is 0 Å². The minimum atomic E-state index is -0.387. The normalized spacial score (nSPS) is 10.3. The quantitative estimate of drug-likeness (QED) is 0.567. The van der Waals surface area contributed by atoms with Crippen molar-refractivity contribution < 1.29 is 4.39 Å². The standard InChI is InChI=1S/C8H6Br2ClF/c9-2-1-5-3-7(11)8(12)4-6(5)10/h3-4H,1-2H2. The Morgan fingerprint density at radius 2 is 2.08 bits per heavy atom. The number of benzene rings is 1. The van der Waals surface area contributed by atoms with Gasteiger partial charge in [0.05, 0.1) is 5.02 Å². The van der Waals surface area contributed by atoms with Crippen LogP contribution in [0.25, 0.3) is 0 Å². The zero-order chi connectivity index (χ0) is 9.14. The maximum absolute atomic E-state index is 12.8. The molecule has 0 bridgehead atoms. The van der Waals surface area contributed by atoms with Crippen LogP contribution in [0.5, 0.6) is 0 Å². The van der Waals surface area contributed by atoms with Crippen molar-refractivity contribution in [2.24, 2.45) is 0 Å². The lowest BCUT2D eigenvalue weighted by Gasteiger charge is -2.03. The lowest BCUT2D eigenvalue weighted by Crippen LogP contribution is -1.89. The maximum atomic E-state index is 12.8. The highest BCUT2D eigenvalue weighted by molar-refractivity contribution is 9.10. The number of rotatable bonds is 2. The second kappa shape index (κ2) is 4.58. The van der Waals surface area contributed by atoms with Crippen LogP contribution in [0.4, 0.5) is 4.39 Å². The van der Waals surface area contributed by atoms with Crippen molar-refractivity contribution in [3.63, 3.8) is 0 Å². The van der Waals surface area contributed by atoms with E-state index in [1.165, 1.54) is 6.07 Å². The summed E-state index contributed by atoms with van der Waals surface area (Å²) in [5.74, 6) is -0.387. The van der Waals surface area contributed by atoms with Gasteiger partial charge in [-0.3, -0.25) is 0 Å². The largest absolute Gasteiger partial charge is 0.205 e. The fourth-order valence-corrected chi connectivity index (χ4v) is 1.98. The zero-order valence-corrected chi connectivity index (χ0v) is 10.0. The van der Waals surface area contributed by atoms with E-state index >= 15 is 0 Å². The zero-order valence-electron chi connectivity index (χ0n) is 6.08. The molecule has 0 saturated carbocycles. The van der Waals surface area contributed by atoms with E-state index in [1.54, 1.807) is 6.07 Å². The van der Waals surface area contributed by atoms with Crippen molar-refractivity contribution in [3.8, 4) is 0 Å². The third kappa shape index (κ3) is 2.44. The summed E-state index contributed by atoms with van der Waals surface area (Å²) < 4.78 is 13.6. The molecule has 0 aliphatic rings. The topological polar surface area (TPSA) is 0 Å². The average molecular weight is 316 g/mol. The van der Waals surface area contributed by atoms with E-state index in [4.69, 9.17) is 11.6 Å². The van der Waals surface area contributed by atoms with Gasteiger partial charge >= 0.3 is 0 Å². The third-order valence-corrected chi connectivity index (χ3v) is 2.88. The Balaban J connectivity index is 3.05. The molecule has 0 aliphatic carbocycles. The van der Waals surface area contributed by atoms with E-state index in [9.17, 15) is 4.39 Å². The van der Waals surface area contributed by atoms with Crippen LogP contribution in [0.1, 0.15) is 5.56 Å². The molecule has 0 aliphatic heterocycles. The van der Waals surface area contributed by atoms with Crippen LogP contribution in [-0.2, 0) is 6.42 Å². The molecule has 0 atom stereocenters.